The van der Waals surface area contributed by atoms with Crippen molar-refractivity contribution in [3.05, 3.63) is 106 Å². The van der Waals surface area contributed by atoms with Crippen LogP contribution in [0.1, 0.15) is 34.0 Å². The zero-order valence-corrected chi connectivity index (χ0v) is 18.9. The van der Waals surface area contributed by atoms with E-state index in [0.29, 0.717) is 26.9 Å². The molecule has 5 rings (SSSR count). The van der Waals surface area contributed by atoms with Gasteiger partial charge in [-0.2, -0.15) is 0 Å². The quantitative estimate of drug-likeness (QED) is 0.483. The van der Waals surface area contributed by atoms with Crippen LogP contribution in [0.2, 0.25) is 0 Å². The van der Waals surface area contributed by atoms with Gasteiger partial charge in [-0.1, -0.05) is 77.1 Å². The van der Waals surface area contributed by atoms with Crippen LogP contribution in [0.3, 0.4) is 0 Å². The van der Waals surface area contributed by atoms with Gasteiger partial charge in [0.15, 0.2) is 5.54 Å². The van der Waals surface area contributed by atoms with Crippen LogP contribution < -0.4 is 4.90 Å². The fourth-order valence-corrected chi connectivity index (χ4v) is 5.18. The third kappa shape index (κ3) is 2.66. The van der Waals surface area contributed by atoms with E-state index in [1.165, 1.54) is 16.7 Å². The van der Waals surface area contributed by atoms with E-state index in [9.17, 15) is 14.4 Å². The monoisotopic (exact) mass is 486 g/mol. The summed E-state index contributed by atoms with van der Waals surface area (Å²) in [6, 6.07) is 21.9. The molecule has 1 unspecified atom stereocenters. The highest BCUT2D eigenvalue weighted by atomic mass is 79.9. The van der Waals surface area contributed by atoms with Gasteiger partial charge in [0.2, 0.25) is 5.91 Å². The van der Waals surface area contributed by atoms with E-state index in [1.54, 1.807) is 24.3 Å². The van der Waals surface area contributed by atoms with Crippen molar-refractivity contribution in [2.24, 2.45) is 0 Å². The van der Waals surface area contributed by atoms with Gasteiger partial charge in [-0.15, -0.1) is 0 Å². The van der Waals surface area contributed by atoms with Gasteiger partial charge in [0, 0.05) is 28.1 Å². The Morgan fingerprint density at radius 2 is 1.66 bits per heavy atom. The molecule has 0 N–H and O–H groups in total. The lowest BCUT2D eigenvalue weighted by Gasteiger charge is -2.45. The van der Waals surface area contributed by atoms with Crippen molar-refractivity contribution in [3.8, 4) is 0 Å². The third-order valence-corrected chi connectivity index (χ3v) is 6.64. The molecule has 3 aromatic rings. The maximum Gasteiger partial charge on any atom is 0.265 e. The van der Waals surface area contributed by atoms with Crippen molar-refractivity contribution in [2.75, 3.05) is 4.90 Å². The summed E-state index contributed by atoms with van der Waals surface area (Å²) in [4.78, 5) is 43.5. The van der Waals surface area contributed by atoms with Crippen LogP contribution in [0.25, 0.3) is 5.57 Å². The topological polar surface area (TPSA) is 57.7 Å². The first kappa shape index (κ1) is 20.4. The number of hydrogen-bond acceptors (Lipinski definition) is 3. The van der Waals surface area contributed by atoms with E-state index >= 15 is 0 Å². The number of nitrogens with zero attached hydrogens (tertiary/aromatic N) is 2. The maximum atomic E-state index is 14.2. The van der Waals surface area contributed by atoms with E-state index < -0.39 is 17.4 Å². The summed E-state index contributed by atoms with van der Waals surface area (Å²) in [5.74, 6) is -1.17. The van der Waals surface area contributed by atoms with Crippen LogP contribution in [-0.2, 0) is 21.7 Å². The number of halogens is 1. The number of amides is 3. The third-order valence-electron chi connectivity index (χ3n) is 6.14. The predicted octanol–water partition coefficient (Wildman–Crippen LogP) is 4.91. The number of imide groups is 1. The van der Waals surface area contributed by atoms with Gasteiger partial charge < -0.3 is 0 Å². The maximum absolute atomic E-state index is 14.2. The van der Waals surface area contributed by atoms with Gasteiger partial charge in [0.1, 0.15) is 0 Å². The van der Waals surface area contributed by atoms with Crippen molar-refractivity contribution in [1.82, 2.24) is 4.90 Å². The predicted molar refractivity (Wildman–Crippen MR) is 126 cm³/mol. The van der Waals surface area contributed by atoms with E-state index in [1.807, 2.05) is 48.5 Å². The molecule has 0 aliphatic carbocycles. The highest BCUT2D eigenvalue weighted by Crippen LogP contribution is 2.55. The molecule has 3 amide bonds. The van der Waals surface area contributed by atoms with Gasteiger partial charge in [0.25, 0.3) is 11.8 Å². The molecule has 0 saturated heterocycles. The second kappa shape index (κ2) is 7.28. The van der Waals surface area contributed by atoms with Crippen molar-refractivity contribution in [3.63, 3.8) is 0 Å². The van der Waals surface area contributed by atoms with E-state index in [0.717, 1.165) is 11.1 Å². The average molecular weight is 487 g/mol. The van der Waals surface area contributed by atoms with Crippen molar-refractivity contribution < 1.29 is 14.4 Å². The molecule has 1 spiro atoms. The standard InChI is InChI=1S/C26H19BrN2O3/c1-16-20-10-6-7-11-23(20)29(17(2)30)26(16)22-13-12-19(27)14-21(22)24(31)28(25(26)32)15-18-8-4-3-5-9-18/h3-14H,1,15H2,2H3. The molecule has 1 atom stereocenters. The minimum atomic E-state index is -1.52. The summed E-state index contributed by atoms with van der Waals surface area (Å²) in [5.41, 5.74) is 1.96. The highest BCUT2D eigenvalue weighted by Gasteiger charge is 2.61. The molecule has 3 aromatic carbocycles. The molecular formula is C26H19BrN2O3. The van der Waals surface area contributed by atoms with Crippen LogP contribution >= 0.6 is 15.9 Å². The molecule has 0 radical (unpaired) electrons. The van der Waals surface area contributed by atoms with Crippen molar-refractivity contribution in [2.45, 2.75) is 19.0 Å². The molecule has 5 nitrogen and oxygen atoms in total. The number of rotatable bonds is 2. The molecule has 6 heteroatoms. The fourth-order valence-electron chi connectivity index (χ4n) is 4.81. The Morgan fingerprint density at radius 1 is 0.969 bits per heavy atom. The van der Waals surface area contributed by atoms with E-state index in [2.05, 4.69) is 22.5 Å². The summed E-state index contributed by atoms with van der Waals surface area (Å²) in [6.45, 7) is 5.81. The summed E-state index contributed by atoms with van der Waals surface area (Å²) in [7, 11) is 0. The van der Waals surface area contributed by atoms with Crippen LogP contribution in [0.4, 0.5) is 5.69 Å². The zero-order chi connectivity index (χ0) is 22.6. The number of carbonyl (C=O) groups is 3. The Labute approximate surface area is 194 Å². The first-order valence-electron chi connectivity index (χ1n) is 10.2. The summed E-state index contributed by atoms with van der Waals surface area (Å²) in [5, 5.41) is 0. The largest absolute Gasteiger partial charge is 0.288 e. The van der Waals surface area contributed by atoms with Crippen molar-refractivity contribution >= 4 is 44.9 Å². The number of carbonyl (C=O) groups excluding carboxylic acids is 3. The van der Waals surface area contributed by atoms with E-state index in [4.69, 9.17) is 0 Å². The van der Waals surface area contributed by atoms with Crippen LogP contribution in [0.15, 0.2) is 83.8 Å². The lowest BCUT2D eigenvalue weighted by atomic mass is 9.75. The Balaban J connectivity index is 1.80. The molecule has 0 saturated carbocycles. The minimum absolute atomic E-state index is 0.0988. The molecule has 32 heavy (non-hydrogen) atoms. The second-order valence-corrected chi connectivity index (χ2v) is 8.85. The number of fused-ring (bicyclic) bond motifs is 3. The van der Waals surface area contributed by atoms with Crippen LogP contribution in [0.5, 0.6) is 0 Å². The van der Waals surface area contributed by atoms with Gasteiger partial charge >= 0.3 is 0 Å². The average Bonchev–Trinajstić information content (AvgIpc) is 3.06. The van der Waals surface area contributed by atoms with E-state index in [-0.39, 0.29) is 12.5 Å². The van der Waals surface area contributed by atoms with Gasteiger partial charge in [-0.05, 0) is 29.3 Å². The molecule has 0 aromatic heterocycles. The molecule has 0 fully saturated rings. The molecular weight excluding hydrogens is 468 g/mol. The van der Waals surface area contributed by atoms with Gasteiger partial charge in [-0.25, -0.2) is 0 Å². The highest BCUT2D eigenvalue weighted by molar-refractivity contribution is 9.10. The minimum Gasteiger partial charge on any atom is -0.288 e. The molecule has 2 aliphatic heterocycles. The smallest absolute Gasteiger partial charge is 0.265 e. The molecule has 158 valence electrons. The SMILES string of the molecule is C=C1c2ccccc2N(C(C)=O)C12C(=O)N(Cc1ccccc1)C(=O)c1cc(Br)ccc12. The number of para-hydroxylation sites is 1. The molecule has 2 heterocycles. The molecule has 2 aliphatic rings. The second-order valence-electron chi connectivity index (χ2n) is 7.93. The normalized spacial score (nSPS) is 19.4. The number of hydrogen-bond donors (Lipinski definition) is 0. The first-order chi connectivity index (χ1) is 15.4. The number of benzene rings is 3. The Morgan fingerprint density at radius 3 is 2.38 bits per heavy atom. The summed E-state index contributed by atoms with van der Waals surface area (Å²) >= 11 is 3.45. The van der Waals surface area contributed by atoms with Crippen LogP contribution in [-0.4, -0.2) is 22.6 Å². The Kier molecular flexibility index (Phi) is 4.64. The fraction of sp³-hybridized carbons (Fsp3) is 0.115. The first-order valence-corrected chi connectivity index (χ1v) is 11.0. The number of anilines is 1. The summed E-state index contributed by atoms with van der Waals surface area (Å²) < 4.78 is 0.712. The molecule has 0 bridgehead atoms. The Bertz CT molecular complexity index is 1320. The van der Waals surface area contributed by atoms with Crippen LogP contribution in [0, 0.1) is 0 Å². The van der Waals surface area contributed by atoms with Gasteiger partial charge in [-0.3, -0.25) is 24.2 Å². The summed E-state index contributed by atoms with van der Waals surface area (Å²) in [6.07, 6.45) is 0. The van der Waals surface area contributed by atoms with Crippen molar-refractivity contribution in [1.29, 1.82) is 0 Å². The zero-order valence-electron chi connectivity index (χ0n) is 17.3. The van der Waals surface area contributed by atoms with Gasteiger partial charge in [0.05, 0.1) is 12.2 Å². The lowest BCUT2D eigenvalue weighted by molar-refractivity contribution is -0.135. The lowest BCUT2D eigenvalue weighted by Crippen LogP contribution is -2.61. The Hall–Kier alpha value is -3.51.